The SMILES string of the molecule is O=C(O)CN1CCN(C(=O)C2CCCCCN2)CC1. The highest BCUT2D eigenvalue weighted by Crippen LogP contribution is 2.12. The van der Waals surface area contributed by atoms with Crippen LogP contribution in [0.1, 0.15) is 25.7 Å². The van der Waals surface area contributed by atoms with Crippen molar-refractivity contribution in [3.05, 3.63) is 0 Å². The van der Waals surface area contributed by atoms with Crippen LogP contribution in [-0.2, 0) is 9.59 Å². The molecule has 0 aliphatic carbocycles. The minimum absolute atomic E-state index is 0.0338. The highest BCUT2D eigenvalue weighted by molar-refractivity contribution is 5.82. The average Bonchev–Trinajstić information content (AvgIpc) is 2.67. The molecule has 0 radical (unpaired) electrons. The van der Waals surface area contributed by atoms with Crippen LogP contribution < -0.4 is 5.32 Å². The zero-order valence-electron chi connectivity index (χ0n) is 11.3. The average molecular weight is 269 g/mol. The monoisotopic (exact) mass is 269 g/mol. The van der Waals surface area contributed by atoms with Crippen LogP contribution in [0.5, 0.6) is 0 Å². The van der Waals surface area contributed by atoms with Gasteiger partial charge in [-0.2, -0.15) is 0 Å². The van der Waals surface area contributed by atoms with Crippen molar-refractivity contribution in [1.82, 2.24) is 15.1 Å². The molecular weight excluding hydrogens is 246 g/mol. The summed E-state index contributed by atoms with van der Waals surface area (Å²) in [6.45, 7) is 3.60. The maximum Gasteiger partial charge on any atom is 0.317 e. The van der Waals surface area contributed by atoms with E-state index in [9.17, 15) is 9.59 Å². The second-order valence-corrected chi connectivity index (χ2v) is 5.35. The second-order valence-electron chi connectivity index (χ2n) is 5.35. The number of piperazine rings is 1. The Kier molecular flexibility index (Phi) is 5.15. The molecule has 1 amide bonds. The van der Waals surface area contributed by atoms with Gasteiger partial charge in [-0.3, -0.25) is 14.5 Å². The van der Waals surface area contributed by atoms with Crippen molar-refractivity contribution in [2.24, 2.45) is 0 Å². The maximum atomic E-state index is 12.4. The highest BCUT2D eigenvalue weighted by atomic mass is 16.4. The number of aliphatic carboxylic acids is 1. The van der Waals surface area contributed by atoms with Crippen molar-refractivity contribution in [1.29, 1.82) is 0 Å². The van der Waals surface area contributed by atoms with E-state index in [0.29, 0.717) is 26.2 Å². The third-order valence-corrected chi connectivity index (χ3v) is 3.90. The molecule has 19 heavy (non-hydrogen) atoms. The molecule has 2 saturated heterocycles. The smallest absolute Gasteiger partial charge is 0.317 e. The molecule has 6 nitrogen and oxygen atoms in total. The van der Waals surface area contributed by atoms with Gasteiger partial charge in [0.1, 0.15) is 0 Å². The van der Waals surface area contributed by atoms with Crippen LogP contribution >= 0.6 is 0 Å². The summed E-state index contributed by atoms with van der Waals surface area (Å²) in [5.41, 5.74) is 0. The molecule has 1 unspecified atom stereocenters. The lowest BCUT2D eigenvalue weighted by atomic mass is 10.1. The second kappa shape index (κ2) is 6.86. The Morgan fingerprint density at radius 2 is 1.84 bits per heavy atom. The Morgan fingerprint density at radius 1 is 1.11 bits per heavy atom. The molecule has 0 saturated carbocycles. The first kappa shape index (κ1) is 14.3. The summed E-state index contributed by atoms with van der Waals surface area (Å²) in [5, 5.41) is 12.1. The minimum Gasteiger partial charge on any atom is -0.480 e. The number of nitrogens with one attached hydrogen (secondary N) is 1. The van der Waals surface area contributed by atoms with Crippen LogP contribution in [0.4, 0.5) is 0 Å². The number of hydrogen-bond acceptors (Lipinski definition) is 4. The standard InChI is InChI=1S/C13H23N3O3/c17-12(18)10-15-6-8-16(9-7-15)13(19)11-4-2-1-3-5-14-11/h11,14H,1-10H2,(H,17,18). The molecule has 0 bridgehead atoms. The lowest BCUT2D eigenvalue weighted by Crippen LogP contribution is -2.54. The molecule has 2 aliphatic rings. The molecular formula is C13H23N3O3. The van der Waals surface area contributed by atoms with E-state index in [1.165, 1.54) is 6.42 Å². The van der Waals surface area contributed by atoms with Crippen LogP contribution in [0, 0.1) is 0 Å². The van der Waals surface area contributed by atoms with Gasteiger partial charge in [-0.15, -0.1) is 0 Å². The summed E-state index contributed by atoms with van der Waals surface area (Å²) in [5.74, 6) is -0.609. The van der Waals surface area contributed by atoms with Crippen molar-refractivity contribution in [3.63, 3.8) is 0 Å². The lowest BCUT2D eigenvalue weighted by Gasteiger charge is -2.35. The summed E-state index contributed by atoms with van der Waals surface area (Å²) in [4.78, 5) is 26.8. The number of carbonyl (C=O) groups is 2. The molecule has 2 rings (SSSR count). The van der Waals surface area contributed by atoms with Crippen molar-refractivity contribution < 1.29 is 14.7 Å². The topological polar surface area (TPSA) is 72.9 Å². The Hall–Kier alpha value is -1.14. The number of carboxylic acids is 1. The zero-order valence-corrected chi connectivity index (χ0v) is 11.3. The first-order chi connectivity index (χ1) is 9.16. The summed E-state index contributed by atoms with van der Waals surface area (Å²) >= 11 is 0. The summed E-state index contributed by atoms with van der Waals surface area (Å²) in [6, 6.07) is -0.0338. The first-order valence-electron chi connectivity index (χ1n) is 7.13. The Bertz CT molecular complexity index is 319. The number of nitrogens with zero attached hydrogens (tertiary/aromatic N) is 2. The molecule has 108 valence electrons. The van der Waals surface area contributed by atoms with E-state index in [4.69, 9.17) is 5.11 Å². The third kappa shape index (κ3) is 4.18. The first-order valence-corrected chi connectivity index (χ1v) is 7.13. The van der Waals surface area contributed by atoms with Crippen LogP contribution in [-0.4, -0.2) is 72.1 Å². The maximum absolute atomic E-state index is 12.4. The molecule has 2 N–H and O–H groups in total. The Balaban J connectivity index is 1.79. The molecule has 2 heterocycles. The molecule has 0 aromatic rings. The van der Waals surface area contributed by atoms with Gasteiger partial charge in [0.05, 0.1) is 12.6 Å². The molecule has 0 aromatic carbocycles. The van der Waals surface area contributed by atoms with Gasteiger partial charge < -0.3 is 15.3 Å². The summed E-state index contributed by atoms with van der Waals surface area (Å²) < 4.78 is 0. The van der Waals surface area contributed by atoms with E-state index >= 15 is 0 Å². The van der Waals surface area contributed by atoms with E-state index in [1.54, 1.807) is 0 Å². The van der Waals surface area contributed by atoms with Gasteiger partial charge >= 0.3 is 5.97 Å². The molecule has 0 spiro atoms. The van der Waals surface area contributed by atoms with E-state index in [2.05, 4.69) is 5.32 Å². The lowest BCUT2D eigenvalue weighted by molar-refractivity contribution is -0.139. The Labute approximate surface area is 113 Å². The van der Waals surface area contributed by atoms with Gasteiger partial charge in [0, 0.05) is 26.2 Å². The van der Waals surface area contributed by atoms with Crippen LogP contribution in [0.15, 0.2) is 0 Å². The number of hydrogen-bond donors (Lipinski definition) is 2. The van der Waals surface area contributed by atoms with E-state index in [1.807, 2.05) is 9.80 Å². The van der Waals surface area contributed by atoms with Gasteiger partial charge in [0.2, 0.25) is 5.91 Å². The predicted molar refractivity (Wildman–Crippen MR) is 70.9 cm³/mol. The van der Waals surface area contributed by atoms with Crippen LogP contribution in [0.2, 0.25) is 0 Å². The van der Waals surface area contributed by atoms with Gasteiger partial charge in [0.15, 0.2) is 0 Å². The van der Waals surface area contributed by atoms with E-state index < -0.39 is 5.97 Å². The summed E-state index contributed by atoms with van der Waals surface area (Å²) in [6.07, 6.45) is 4.38. The zero-order chi connectivity index (χ0) is 13.7. The minimum atomic E-state index is -0.801. The Morgan fingerprint density at radius 3 is 2.53 bits per heavy atom. The van der Waals surface area contributed by atoms with Crippen molar-refractivity contribution in [3.8, 4) is 0 Å². The third-order valence-electron chi connectivity index (χ3n) is 3.90. The van der Waals surface area contributed by atoms with Crippen molar-refractivity contribution >= 4 is 11.9 Å². The van der Waals surface area contributed by atoms with Crippen molar-refractivity contribution in [2.75, 3.05) is 39.3 Å². The predicted octanol–water partition coefficient (Wildman–Crippen LogP) is -0.253. The van der Waals surface area contributed by atoms with E-state index in [-0.39, 0.29) is 18.5 Å². The van der Waals surface area contributed by atoms with Crippen LogP contribution in [0.3, 0.4) is 0 Å². The largest absolute Gasteiger partial charge is 0.480 e. The number of amides is 1. The normalized spacial score (nSPS) is 25.9. The van der Waals surface area contributed by atoms with Gasteiger partial charge in [-0.05, 0) is 19.4 Å². The van der Waals surface area contributed by atoms with Gasteiger partial charge in [-0.1, -0.05) is 12.8 Å². The highest BCUT2D eigenvalue weighted by Gasteiger charge is 2.28. The molecule has 2 fully saturated rings. The fourth-order valence-corrected chi connectivity index (χ4v) is 2.78. The van der Waals surface area contributed by atoms with Gasteiger partial charge in [0.25, 0.3) is 0 Å². The summed E-state index contributed by atoms with van der Waals surface area (Å²) in [7, 11) is 0. The molecule has 6 heteroatoms. The fraction of sp³-hybridized carbons (Fsp3) is 0.846. The number of carbonyl (C=O) groups excluding carboxylic acids is 1. The fourth-order valence-electron chi connectivity index (χ4n) is 2.78. The molecule has 1 atom stereocenters. The van der Waals surface area contributed by atoms with Crippen molar-refractivity contribution in [2.45, 2.75) is 31.7 Å². The number of rotatable bonds is 3. The molecule has 2 aliphatic heterocycles. The van der Waals surface area contributed by atoms with E-state index in [0.717, 1.165) is 25.8 Å². The number of carboxylic acid groups (broad SMARTS) is 1. The van der Waals surface area contributed by atoms with Crippen LogP contribution in [0.25, 0.3) is 0 Å². The molecule has 0 aromatic heterocycles. The quantitative estimate of drug-likeness (QED) is 0.739. The van der Waals surface area contributed by atoms with Gasteiger partial charge in [-0.25, -0.2) is 0 Å².